The van der Waals surface area contributed by atoms with Crippen molar-refractivity contribution in [3.05, 3.63) is 0 Å². The third-order valence-electron chi connectivity index (χ3n) is 6.21. The van der Waals surface area contributed by atoms with E-state index in [0.717, 1.165) is 0 Å². The van der Waals surface area contributed by atoms with Crippen molar-refractivity contribution < 1.29 is 17.7 Å². The topological polar surface area (TPSA) is 62.9 Å². The second-order valence-electron chi connectivity index (χ2n) is 9.47. The van der Waals surface area contributed by atoms with Gasteiger partial charge in [0.05, 0.1) is 18.2 Å². The molecule has 2 saturated heterocycles. The van der Waals surface area contributed by atoms with Crippen LogP contribution in [-0.2, 0) is 17.7 Å². The second-order valence-corrected chi connectivity index (χ2v) is 18.3. The van der Waals surface area contributed by atoms with Gasteiger partial charge in [-0.2, -0.15) is 0 Å². The molecular formula is C18H38BNO4Si2. The Balaban J connectivity index is 2.58. The number of fused-ring (bicyclic) bond motifs is 1. The first kappa shape index (κ1) is 22.6. The van der Waals surface area contributed by atoms with E-state index >= 15 is 0 Å². The molecule has 0 bridgehead atoms. The average molecular weight is 399 g/mol. The number of ether oxygens (including phenoxy) is 1. The summed E-state index contributed by atoms with van der Waals surface area (Å²) in [5, 5.41) is 0. The smallest absolute Gasteiger partial charge is 0.335 e. The average Bonchev–Trinajstić information content (AvgIpc) is 2.68. The predicted octanol–water partition coefficient (Wildman–Crippen LogP) is 3.55. The zero-order valence-electron chi connectivity index (χ0n) is 18.0. The summed E-state index contributed by atoms with van der Waals surface area (Å²) in [4.78, 5) is 0. The summed E-state index contributed by atoms with van der Waals surface area (Å²) in [7, 11) is 1.01. The summed E-state index contributed by atoms with van der Waals surface area (Å²) in [5.74, 6) is 0. The zero-order chi connectivity index (χ0) is 20.1. The predicted molar refractivity (Wildman–Crippen MR) is 111 cm³/mol. The van der Waals surface area contributed by atoms with Crippen LogP contribution in [0.4, 0.5) is 0 Å². The standard InChI is InChI=1S/C18H38BNO4Si2/c1-11(2)25(12(3)4)21-10-15-16(18(9,20)17(19)22-15)23-26(24-25,13(5)6)14(7)8/h11-17H,10,20H2,1-9H3/t15-,16-,17-,18-/m1/s1. The fourth-order valence-electron chi connectivity index (χ4n) is 4.42. The third-order valence-corrected chi connectivity index (χ3v) is 16.4. The van der Waals surface area contributed by atoms with Gasteiger partial charge in [0.25, 0.3) is 0 Å². The fourth-order valence-corrected chi connectivity index (χ4v) is 15.7. The maximum atomic E-state index is 7.13. The molecule has 0 unspecified atom stereocenters. The van der Waals surface area contributed by atoms with Crippen molar-refractivity contribution in [2.75, 3.05) is 6.61 Å². The first-order valence-electron chi connectivity index (χ1n) is 10.0. The number of rotatable bonds is 4. The molecular weight excluding hydrogens is 361 g/mol. The summed E-state index contributed by atoms with van der Waals surface area (Å²) in [5.41, 5.74) is 6.94. The molecule has 4 atom stereocenters. The van der Waals surface area contributed by atoms with Gasteiger partial charge in [-0.05, 0) is 29.1 Å². The SMILES string of the molecule is [B][C@@H]1O[C@@H]2CO[Si](C(C)C)(C(C)C)O[Si](C(C)C)(C(C)C)O[C@H]2[C@@]1(C)N. The number of hydrogen-bond donors (Lipinski definition) is 1. The summed E-state index contributed by atoms with van der Waals surface area (Å²) in [6, 6.07) is -0.570. The van der Waals surface area contributed by atoms with E-state index in [-0.39, 0.29) is 23.3 Å². The van der Waals surface area contributed by atoms with Gasteiger partial charge < -0.3 is 23.4 Å². The van der Waals surface area contributed by atoms with Crippen molar-refractivity contribution in [1.82, 2.24) is 0 Å². The molecule has 2 fully saturated rings. The van der Waals surface area contributed by atoms with Crippen LogP contribution in [0.2, 0.25) is 22.2 Å². The first-order chi connectivity index (χ1) is 11.8. The Morgan fingerprint density at radius 2 is 1.38 bits per heavy atom. The molecule has 0 spiro atoms. The van der Waals surface area contributed by atoms with Gasteiger partial charge in [-0.1, -0.05) is 55.4 Å². The van der Waals surface area contributed by atoms with Crippen LogP contribution in [0.1, 0.15) is 62.3 Å². The highest BCUT2D eigenvalue weighted by atomic mass is 28.5. The molecule has 8 heteroatoms. The molecule has 0 amide bonds. The van der Waals surface area contributed by atoms with Gasteiger partial charge in [-0.25, -0.2) is 0 Å². The number of nitrogens with two attached hydrogens (primary N) is 1. The van der Waals surface area contributed by atoms with Crippen LogP contribution in [0.3, 0.4) is 0 Å². The van der Waals surface area contributed by atoms with E-state index in [1.807, 2.05) is 6.92 Å². The fraction of sp³-hybridized carbons (Fsp3) is 1.00. The van der Waals surface area contributed by atoms with Crippen LogP contribution in [0.5, 0.6) is 0 Å². The highest BCUT2D eigenvalue weighted by molar-refractivity contribution is 6.84. The van der Waals surface area contributed by atoms with E-state index in [4.69, 9.17) is 31.3 Å². The van der Waals surface area contributed by atoms with Crippen molar-refractivity contribution >= 4 is 25.0 Å². The highest BCUT2D eigenvalue weighted by Gasteiger charge is 2.62. The van der Waals surface area contributed by atoms with E-state index in [2.05, 4.69) is 55.4 Å². The molecule has 5 nitrogen and oxygen atoms in total. The molecule has 2 N–H and O–H groups in total. The molecule has 2 aliphatic rings. The minimum atomic E-state index is -2.66. The van der Waals surface area contributed by atoms with Crippen LogP contribution >= 0.6 is 0 Å². The van der Waals surface area contributed by atoms with Crippen molar-refractivity contribution in [1.29, 1.82) is 0 Å². The van der Waals surface area contributed by atoms with Gasteiger partial charge in [-0.3, -0.25) is 0 Å². The van der Waals surface area contributed by atoms with E-state index in [1.165, 1.54) is 0 Å². The molecule has 0 aromatic heterocycles. The maximum absolute atomic E-state index is 7.13. The van der Waals surface area contributed by atoms with Crippen molar-refractivity contribution in [3.8, 4) is 0 Å². The quantitative estimate of drug-likeness (QED) is 0.733. The lowest BCUT2D eigenvalue weighted by molar-refractivity contribution is -0.0275. The van der Waals surface area contributed by atoms with E-state index in [9.17, 15) is 0 Å². The Morgan fingerprint density at radius 1 is 0.923 bits per heavy atom. The Labute approximate surface area is 163 Å². The van der Waals surface area contributed by atoms with Crippen molar-refractivity contribution in [2.24, 2.45) is 5.73 Å². The van der Waals surface area contributed by atoms with Gasteiger partial charge in [0.1, 0.15) is 14.0 Å². The van der Waals surface area contributed by atoms with Crippen LogP contribution in [0.25, 0.3) is 0 Å². The summed E-state index contributed by atoms with van der Waals surface area (Å²) >= 11 is 0. The second kappa shape index (κ2) is 7.61. The monoisotopic (exact) mass is 399 g/mol. The maximum Gasteiger partial charge on any atom is 0.335 e. The molecule has 2 aliphatic heterocycles. The lowest BCUT2D eigenvalue weighted by Gasteiger charge is -2.52. The Kier molecular flexibility index (Phi) is 6.61. The highest BCUT2D eigenvalue weighted by Crippen LogP contribution is 2.48. The van der Waals surface area contributed by atoms with Crippen molar-refractivity contribution in [2.45, 2.75) is 108 Å². The normalized spacial score (nSPS) is 37.2. The number of hydrogen-bond acceptors (Lipinski definition) is 5. The Hall–Kier alpha value is 0.299. The molecule has 0 aromatic rings. The van der Waals surface area contributed by atoms with Gasteiger partial charge in [0, 0.05) is 6.00 Å². The molecule has 0 aliphatic carbocycles. The van der Waals surface area contributed by atoms with Crippen LogP contribution in [0, 0.1) is 0 Å². The molecule has 2 heterocycles. The molecule has 0 aromatic carbocycles. The molecule has 2 radical (unpaired) electrons. The van der Waals surface area contributed by atoms with Crippen LogP contribution in [0.15, 0.2) is 0 Å². The first-order valence-corrected chi connectivity index (χ1v) is 14.0. The van der Waals surface area contributed by atoms with E-state index in [1.54, 1.807) is 0 Å². The molecule has 26 heavy (non-hydrogen) atoms. The molecule has 2 rings (SSSR count). The summed E-state index contributed by atoms with van der Waals surface area (Å²) in [6.45, 7) is 20.0. The minimum absolute atomic E-state index is 0.252. The van der Waals surface area contributed by atoms with E-state index < -0.39 is 28.7 Å². The van der Waals surface area contributed by atoms with Gasteiger partial charge in [0.15, 0.2) is 0 Å². The Bertz CT molecular complexity index is 486. The summed E-state index contributed by atoms with van der Waals surface area (Å²) < 4.78 is 26.7. The zero-order valence-corrected chi connectivity index (χ0v) is 20.0. The van der Waals surface area contributed by atoms with Crippen LogP contribution in [-0.4, -0.2) is 55.3 Å². The minimum Gasteiger partial charge on any atom is -0.414 e. The lowest BCUT2D eigenvalue weighted by Crippen LogP contribution is -2.68. The third kappa shape index (κ3) is 3.51. The van der Waals surface area contributed by atoms with Crippen LogP contribution < -0.4 is 5.73 Å². The van der Waals surface area contributed by atoms with Gasteiger partial charge in [-0.15, -0.1) is 0 Å². The van der Waals surface area contributed by atoms with Gasteiger partial charge >= 0.3 is 17.1 Å². The van der Waals surface area contributed by atoms with Crippen molar-refractivity contribution in [3.63, 3.8) is 0 Å². The lowest BCUT2D eigenvalue weighted by atomic mass is 9.80. The molecule has 150 valence electrons. The van der Waals surface area contributed by atoms with E-state index in [0.29, 0.717) is 17.7 Å². The summed E-state index contributed by atoms with van der Waals surface area (Å²) in [6.07, 6.45) is -0.571. The van der Waals surface area contributed by atoms with Gasteiger partial charge in [0.2, 0.25) is 0 Å². The largest absolute Gasteiger partial charge is 0.414 e. The molecule has 0 saturated carbocycles. The Morgan fingerprint density at radius 3 is 1.81 bits per heavy atom.